The maximum absolute atomic E-state index is 13.6. The number of anilines is 2. The molecule has 0 bridgehead atoms. The lowest BCUT2D eigenvalue weighted by atomic mass is 10.1. The zero-order chi connectivity index (χ0) is 28.2. The summed E-state index contributed by atoms with van der Waals surface area (Å²) in [6.45, 7) is 6.90. The molecule has 2 aliphatic rings. The molecule has 1 saturated heterocycles. The summed E-state index contributed by atoms with van der Waals surface area (Å²) in [5.74, 6) is -0.0507. The third-order valence-electron chi connectivity index (χ3n) is 7.15. The van der Waals surface area contributed by atoms with Crippen LogP contribution in [0.1, 0.15) is 44.9 Å². The van der Waals surface area contributed by atoms with Crippen molar-refractivity contribution in [2.45, 2.75) is 13.8 Å². The van der Waals surface area contributed by atoms with E-state index < -0.39 is 5.82 Å². The van der Waals surface area contributed by atoms with Gasteiger partial charge in [-0.3, -0.25) is 14.4 Å². The van der Waals surface area contributed by atoms with Crippen LogP contribution >= 0.6 is 0 Å². The number of nitrogens with one attached hydrogen (secondary N) is 1. The topological polar surface area (TPSA) is 91.4 Å². The lowest BCUT2D eigenvalue weighted by molar-refractivity contribution is 0.0740. The Morgan fingerprint density at radius 3 is 2.35 bits per heavy atom. The molecule has 0 radical (unpaired) electrons. The van der Waals surface area contributed by atoms with Crippen LogP contribution in [-0.4, -0.2) is 73.6 Å². The van der Waals surface area contributed by atoms with Gasteiger partial charge in [0.05, 0.1) is 5.56 Å². The fourth-order valence-corrected chi connectivity index (χ4v) is 4.94. The zero-order valence-electron chi connectivity index (χ0n) is 22.5. The fourth-order valence-electron chi connectivity index (χ4n) is 4.94. The second kappa shape index (κ2) is 11.6. The van der Waals surface area contributed by atoms with Crippen LogP contribution in [0.3, 0.4) is 0 Å². The van der Waals surface area contributed by atoms with Crippen molar-refractivity contribution >= 4 is 29.1 Å². The maximum atomic E-state index is 13.6. The molecule has 3 aromatic rings. The molecule has 0 spiro atoms. The van der Waals surface area contributed by atoms with E-state index in [-0.39, 0.29) is 24.5 Å². The monoisotopic (exact) mass is 546 g/mol. The van der Waals surface area contributed by atoms with E-state index in [1.165, 1.54) is 18.2 Å². The summed E-state index contributed by atoms with van der Waals surface area (Å²) in [6.07, 6.45) is 0. The summed E-state index contributed by atoms with van der Waals surface area (Å²) in [4.78, 5) is 44.9. The Hall–Kier alpha value is -4.60. The van der Waals surface area contributed by atoms with Crippen molar-refractivity contribution in [1.29, 1.82) is 0 Å². The van der Waals surface area contributed by atoms with Gasteiger partial charge in [0.1, 0.15) is 5.82 Å². The molecule has 3 amide bonds. The van der Waals surface area contributed by atoms with E-state index in [0.717, 1.165) is 5.69 Å². The Labute approximate surface area is 232 Å². The smallest absolute Gasteiger partial charge is 0.256 e. The number of fused-ring (bicyclic) bond motifs is 1. The van der Waals surface area contributed by atoms with Crippen LogP contribution in [0.25, 0.3) is 0 Å². The Balaban J connectivity index is 1.35. The van der Waals surface area contributed by atoms with Crippen molar-refractivity contribution < 1.29 is 28.2 Å². The van der Waals surface area contributed by atoms with Crippen LogP contribution in [0.4, 0.5) is 15.8 Å². The number of carbonyl (C=O) groups excluding carboxylic acids is 3. The highest BCUT2D eigenvalue weighted by Gasteiger charge is 2.27. The normalized spacial score (nSPS) is 14.2. The van der Waals surface area contributed by atoms with Crippen molar-refractivity contribution in [3.05, 3.63) is 83.2 Å². The molecular formula is C30H31FN4O5. The quantitative estimate of drug-likeness (QED) is 0.477. The van der Waals surface area contributed by atoms with Gasteiger partial charge in [-0.1, -0.05) is 6.07 Å². The van der Waals surface area contributed by atoms with E-state index >= 15 is 0 Å². The number of rotatable bonds is 7. The Kier molecular flexibility index (Phi) is 7.86. The third-order valence-corrected chi connectivity index (χ3v) is 7.15. The number of nitrogens with zero attached hydrogens (tertiary/aromatic N) is 3. The molecule has 1 N–H and O–H groups in total. The maximum Gasteiger partial charge on any atom is 0.256 e. The standard InChI is InChI=1S/C30H31FN4O5/c1-3-33(4-2)30(38)24-18-23(32-28(36)20-8-11-26-27(17-20)40-19-39-26)9-10-25(24)34-12-14-35(15-13-34)29(37)21-6-5-7-22(31)16-21/h5-11,16-18H,3-4,12-15,19H2,1-2H3,(H,32,36). The number of amides is 3. The second-order valence-electron chi connectivity index (χ2n) is 9.52. The van der Waals surface area contributed by atoms with Crippen molar-refractivity contribution in [2.24, 2.45) is 0 Å². The van der Waals surface area contributed by atoms with Gasteiger partial charge in [0.2, 0.25) is 6.79 Å². The minimum absolute atomic E-state index is 0.117. The van der Waals surface area contributed by atoms with Gasteiger partial charge in [-0.05, 0) is 68.4 Å². The van der Waals surface area contributed by atoms with Gasteiger partial charge in [-0.15, -0.1) is 0 Å². The first kappa shape index (κ1) is 27.0. The number of carbonyl (C=O) groups is 3. The summed E-state index contributed by atoms with van der Waals surface area (Å²) in [5, 5.41) is 2.89. The minimum atomic E-state index is -0.449. The van der Waals surface area contributed by atoms with Gasteiger partial charge < -0.3 is 29.5 Å². The van der Waals surface area contributed by atoms with Crippen molar-refractivity contribution in [3.63, 3.8) is 0 Å². The predicted molar refractivity (Wildman–Crippen MR) is 149 cm³/mol. The number of halogens is 1. The van der Waals surface area contributed by atoms with E-state index in [1.807, 2.05) is 19.9 Å². The molecule has 0 aromatic heterocycles. The highest BCUT2D eigenvalue weighted by molar-refractivity contribution is 6.06. The summed E-state index contributed by atoms with van der Waals surface area (Å²) in [7, 11) is 0. The van der Waals surface area contributed by atoms with E-state index in [0.29, 0.717) is 73.1 Å². The Morgan fingerprint density at radius 2 is 1.62 bits per heavy atom. The van der Waals surface area contributed by atoms with E-state index in [2.05, 4.69) is 10.2 Å². The molecule has 3 aromatic carbocycles. The summed E-state index contributed by atoms with van der Waals surface area (Å²) < 4.78 is 24.3. The molecule has 2 aliphatic heterocycles. The van der Waals surface area contributed by atoms with Gasteiger partial charge in [0.25, 0.3) is 17.7 Å². The van der Waals surface area contributed by atoms with Crippen molar-refractivity contribution in [2.75, 3.05) is 56.3 Å². The van der Waals surface area contributed by atoms with E-state index in [4.69, 9.17) is 9.47 Å². The molecule has 40 heavy (non-hydrogen) atoms. The van der Waals surface area contributed by atoms with Gasteiger partial charge in [-0.25, -0.2) is 4.39 Å². The third kappa shape index (κ3) is 5.56. The number of ether oxygens (including phenoxy) is 2. The minimum Gasteiger partial charge on any atom is -0.454 e. The highest BCUT2D eigenvalue weighted by atomic mass is 19.1. The molecule has 10 heteroatoms. The lowest BCUT2D eigenvalue weighted by Gasteiger charge is -2.37. The first-order valence-electron chi connectivity index (χ1n) is 13.3. The van der Waals surface area contributed by atoms with Crippen LogP contribution in [0, 0.1) is 5.82 Å². The first-order valence-corrected chi connectivity index (χ1v) is 13.3. The average Bonchev–Trinajstić information content (AvgIpc) is 3.45. The van der Waals surface area contributed by atoms with Crippen LogP contribution < -0.4 is 19.7 Å². The Morgan fingerprint density at radius 1 is 0.875 bits per heavy atom. The van der Waals surface area contributed by atoms with Gasteiger partial charge in [-0.2, -0.15) is 0 Å². The van der Waals surface area contributed by atoms with Crippen LogP contribution in [-0.2, 0) is 0 Å². The largest absolute Gasteiger partial charge is 0.454 e. The lowest BCUT2D eigenvalue weighted by Crippen LogP contribution is -2.49. The molecule has 0 aliphatic carbocycles. The van der Waals surface area contributed by atoms with Crippen molar-refractivity contribution in [3.8, 4) is 11.5 Å². The molecule has 1 fully saturated rings. The molecule has 0 atom stereocenters. The molecule has 0 unspecified atom stereocenters. The second-order valence-corrected chi connectivity index (χ2v) is 9.52. The SMILES string of the molecule is CCN(CC)C(=O)c1cc(NC(=O)c2ccc3c(c2)OCO3)ccc1N1CCN(C(=O)c2cccc(F)c2)CC1. The number of hydrogen-bond acceptors (Lipinski definition) is 6. The molecular weight excluding hydrogens is 515 g/mol. The predicted octanol–water partition coefficient (Wildman–Crippen LogP) is 4.25. The van der Waals surface area contributed by atoms with E-state index in [9.17, 15) is 18.8 Å². The highest BCUT2D eigenvalue weighted by Crippen LogP contribution is 2.33. The Bertz CT molecular complexity index is 1430. The molecule has 0 saturated carbocycles. The van der Waals surface area contributed by atoms with Crippen LogP contribution in [0.2, 0.25) is 0 Å². The summed E-state index contributed by atoms with van der Waals surface area (Å²) in [6, 6.07) is 15.9. The molecule has 5 rings (SSSR count). The number of hydrogen-bond donors (Lipinski definition) is 1. The molecule has 208 valence electrons. The summed E-state index contributed by atoms with van der Waals surface area (Å²) >= 11 is 0. The fraction of sp³-hybridized carbons (Fsp3) is 0.300. The molecule has 9 nitrogen and oxygen atoms in total. The number of benzene rings is 3. The van der Waals surface area contributed by atoms with Gasteiger partial charge in [0.15, 0.2) is 11.5 Å². The zero-order valence-corrected chi connectivity index (χ0v) is 22.5. The van der Waals surface area contributed by atoms with Crippen LogP contribution in [0.15, 0.2) is 60.7 Å². The summed E-state index contributed by atoms with van der Waals surface area (Å²) in [5.41, 5.74) is 2.41. The van der Waals surface area contributed by atoms with Crippen molar-refractivity contribution in [1.82, 2.24) is 9.80 Å². The van der Waals surface area contributed by atoms with Crippen LogP contribution in [0.5, 0.6) is 11.5 Å². The van der Waals surface area contributed by atoms with E-state index in [1.54, 1.807) is 46.2 Å². The van der Waals surface area contributed by atoms with Gasteiger partial charge >= 0.3 is 0 Å². The first-order chi connectivity index (χ1) is 19.4. The average molecular weight is 547 g/mol. The molecule has 2 heterocycles. The van der Waals surface area contributed by atoms with Gasteiger partial charge in [0, 0.05) is 61.8 Å². The number of piperazine rings is 1.